The van der Waals surface area contributed by atoms with Crippen molar-refractivity contribution in [1.29, 1.82) is 0 Å². The second kappa shape index (κ2) is 6.75. The zero-order valence-corrected chi connectivity index (χ0v) is 14.3. The lowest BCUT2D eigenvalue weighted by atomic mass is 9.99. The number of halogens is 1. The van der Waals surface area contributed by atoms with Gasteiger partial charge in [-0.2, -0.15) is 0 Å². The number of rotatable bonds is 4. The number of nitrogens with zero attached hydrogens (tertiary/aromatic N) is 2. The lowest BCUT2D eigenvalue weighted by Crippen LogP contribution is -2.29. The summed E-state index contributed by atoms with van der Waals surface area (Å²) in [6, 6.07) is 7.94. The summed E-state index contributed by atoms with van der Waals surface area (Å²) in [5.41, 5.74) is 1.95. The van der Waals surface area contributed by atoms with Gasteiger partial charge < -0.3 is 9.32 Å². The van der Waals surface area contributed by atoms with Crippen LogP contribution < -0.4 is 0 Å². The van der Waals surface area contributed by atoms with Gasteiger partial charge in [0.05, 0.1) is 5.69 Å². The van der Waals surface area contributed by atoms with Crippen LogP contribution in [0.25, 0.3) is 0 Å². The highest BCUT2D eigenvalue weighted by molar-refractivity contribution is 6.30. The van der Waals surface area contributed by atoms with E-state index in [9.17, 15) is 4.79 Å². The Hall–Kier alpha value is -1.81. The first kappa shape index (κ1) is 16.1. The fraction of sp³-hybridized carbons (Fsp3) is 0.444. The third-order valence-electron chi connectivity index (χ3n) is 4.35. The highest BCUT2D eigenvalue weighted by Gasteiger charge is 2.30. The van der Waals surface area contributed by atoms with Crippen molar-refractivity contribution >= 4 is 17.5 Å². The topological polar surface area (TPSA) is 46.3 Å². The average Bonchev–Trinajstić information content (AvgIpc) is 3.15. The highest BCUT2D eigenvalue weighted by Crippen LogP contribution is 2.24. The van der Waals surface area contributed by atoms with Gasteiger partial charge in [0.2, 0.25) is 5.76 Å². The van der Waals surface area contributed by atoms with Crippen LogP contribution in [-0.2, 0) is 12.8 Å². The molecule has 4 nitrogen and oxygen atoms in total. The minimum Gasteiger partial charge on any atom is -0.435 e. The minimum atomic E-state index is -0.0340. The molecule has 1 atom stereocenters. The number of amides is 1. The van der Waals surface area contributed by atoms with E-state index in [0.29, 0.717) is 29.7 Å². The molecule has 0 radical (unpaired) electrons. The molecule has 1 aromatic heterocycles. The molecule has 1 fully saturated rings. The van der Waals surface area contributed by atoms with E-state index in [1.807, 2.05) is 30.9 Å². The molecule has 0 aliphatic carbocycles. The van der Waals surface area contributed by atoms with Crippen molar-refractivity contribution in [3.8, 4) is 0 Å². The second-order valence-electron chi connectivity index (χ2n) is 6.11. The van der Waals surface area contributed by atoms with Gasteiger partial charge in [-0.1, -0.05) is 30.7 Å². The first-order valence-corrected chi connectivity index (χ1v) is 8.44. The maximum Gasteiger partial charge on any atom is 0.291 e. The molecule has 0 saturated carbocycles. The Kier molecular flexibility index (Phi) is 4.71. The Balaban J connectivity index is 1.63. The zero-order chi connectivity index (χ0) is 16.4. The number of hydrogen-bond acceptors (Lipinski definition) is 3. The van der Waals surface area contributed by atoms with Crippen LogP contribution in [0.15, 0.2) is 28.7 Å². The van der Waals surface area contributed by atoms with Crippen LogP contribution in [0.5, 0.6) is 0 Å². The van der Waals surface area contributed by atoms with Crippen molar-refractivity contribution in [1.82, 2.24) is 9.88 Å². The van der Waals surface area contributed by atoms with Gasteiger partial charge in [0.15, 0.2) is 5.89 Å². The molecule has 5 heteroatoms. The Morgan fingerprint density at radius 3 is 2.78 bits per heavy atom. The molecule has 1 saturated heterocycles. The summed E-state index contributed by atoms with van der Waals surface area (Å²) < 4.78 is 5.59. The van der Waals surface area contributed by atoms with Crippen LogP contribution in [0.4, 0.5) is 0 Å². The third-order valence-corrected chi connectivity index (χ3v) is 4.60. The molecule has 1 unspecified atom stereocenters. The van der Waals surface area contributed by atoms with Crippen LogP contribution >= 0.6 is 11.6 Å². The predicted molar refractivity (Wildman–Crippen MR) is 89.8 cm³/mol. The molecule has 2 heterocycles. The Morgan fingerprint density at radius 2 is 2.13 bits per heavy atom. The van der Waals surface area contributed by atoms with E-state index in [-0.39, 0.29) is 5.91 Å². The molecule has 1 aliphatic rings. The van der Waals surface area contributed by atoms with E-state index in [1.54, 1.807) is 0 Å². The maximum atomic E-state index is 12.6. The van der Waals surface area contributed by atoms with Gasteiger partial charge in [-0.25, -0.2) is 4.98 Å². The normalized spacial score (nSPS) is 17.7. The van der Waals surface area contributed by atoms with E-state index < -0.39 is 0 Å². The Labute approximate surface area is 141 Å². The van der Waals surface area contributed by atoms with Crippen molar-refractivity contribution in [2.24, 2.45) is 5.92 Å². The van der Waals surface area contributed by atoms with Gasteiger partial charge >= 0.3 is 0 Å². The fourth-order valence-corrected chi connectivity index (χ4v) is 3.21. The van der Waals surface area contributed by atoms with Gasteiger partial charge in [-0.05, 0) is 43.4 Å². The smallest absolute Gasteiger partial charge is 0.291 e. The van der Waals surface area contributed by atoms with Crippen LogP contribution in [0.3, 0.4) is 0 Å². The van der Waals surface area contributed by atoms with Crippen molar-refractivity contribution < 1.29 is 9.21 Å². The lowest BCUT2D eigenvalue weighted by molar-refractivity contribution is 0.0752. The van der Waals surface area contributed by atoms with Gasteiger partial charge in [0.25, 0.3) is 5.91 Å². The molecule has 0 bridgehead atoms. The van der Waals surface area contributed by atoms with Gasteiger partial charge in [-0.15, -0.1) is 0 Å². The predicted octanol–water partition coefficient (Wildman–Crippen LogP) is 3.90. The average molecular weight is 333 g/mol. The molecule has 3 rings (SSSR count). The summed E-state index contributed by atoms with van der Waals surface area (Å²) in [7, 11) is 0. The summed E-state index contributed by atoms with van der Waals surface area (Å²) in [5, 5.41) is 0.754. The van der Waals surface area contributed by atoms with E-state index in [0.717, 1.165) is 31.0 Å². The van der Waals surface area contributed by atoms with Gasteiger partial charge in [0, 0.05) is 24.5 Å². The minimum absolute atomic E-state index is 0.0340. The Bertz CT molecular complexity index is 694. The maximum absolute atomic E-state index is 12.6. The van der Waals surface area contributed by atoms with E-state index in [4.69, 9.17) is 16.0 Å². The molecule has 2 aromatic rings. The molecule has 122 valence electrons. The van der Waals surface area contributed by atoms with Crippen LogP contribution in [0, 0.1) is 12.8 Å². The van der Waals surface area contributed by atoms with Crippen molar-refractivity contribution in [2.45, 2.75) is 33.1 Å². The molecular weight excluding hydrogens is 312 g/mol. The molecule has 23 heavy (non-hydrogen) atoms. The fourth-order valence-electron chi connectivity index (χ4n) is 3.08. The first-order valence-electron chi connectivity index (χ1n) is 8.06. The molecule has 1 aliphatic heterocycles. The molecular formula is C18H21ClN2O2. The van der Waals surface area contributed by atoms with Crippen LogP contribution in [-0.4, -0.2) is 28.9 Å². The monoisotopic (exact) mass is 332 g/mol. The third kappa shape index (κ3) is 3.58. The zero-order valence-electron chi connectivity index (χ0n) is 13.5. The van der Waals surface area contributed by atoms with Crippen molar-refractivity contribution in [3.63, 3.8) is 0 Å². The standard InChI is InChI=1S/C18H21ClN2O2/c1-3-16-20-12(2)17(23-16)18(22)21-9-8-14(11-21)10-13-4-6-15(19)7-5-13/h4-7,14H,3,8-11H2,1-2H3. The van der Waals surface area contributed by atoms with Crippen molar-refractivity contribution in [3.05, 3.63) is 52.2 Å². The number of likely N-dealkylation sites (tertiary alicyclic amines) is 1. The molecule has 1 amide bonds. The van der Waals surface area contributed by atoms with Gasteiger partial charge in [-0.3, -0.25) is 4.79 Å². The number of benzene rings is 1. The quantitative estimate of drug-likeness (QED) is 0.853. The SMILES string of the molecule is CCc1nc(C)c(C(=O)N2CCC(Cc3ccc(Cl)cc3)C2)o1. The first-order chi connectivity index (χ1) is 11.1. The van der Waals surface area contributed by atoms with Gasteiger partial charge in [0.1, 0.15) is 0 Å². The molecule has 0 spiro atoms. The number of hydrogen-bond donors (Lipinski definition) is 0. The van der Waals surface area contributed by atoms with Crippen LogP contribution in [0.1, 0.15) is 41.0 Å². The summed E-state index contributed by atoms with van der Waals surface area (Å²) in [4.78, 5) is 18.8. The van der Waals surface area contributed by atoms with Crippen LogP contribution in [0.2, 0.25) is 5.02 Å². The molecule has 1 aromatic carbocycles. The number of carbonyl (C=O) groups excluding carboxylic acids is 1. The summed E-state index contributed by atoms with van der Waals surface area (Å²) >= 11 is 5.92. The number of oxazole rings is 1. The number of aryl methyl sites for hydroxylation is 2. The summed E-state index contributed by atoms with van der Waals surface area (Å²) in [5.74, 6) is 1.47. The summed E-state index contributed by atoms with van der Waals surface area (Å²) in [6.45, 7) is 5.34. The lowest BCUT2D eigenvalue weighted by Gasteiger charge is -2.15. The van der Waals surface area contributed by atoms with E-state index in [1.165, 1.54) is 5.56 Å². The summed E-state index contributed by atoms with van der Waals surface area (Å²) in [6.07, 6.45) is 2.69. The molecule has 0 N–H and O–H groups in total. The second-order valence-corrected chi connectivity index (χ2v) is 6.55. The number of carbonyl (C=O) groups is 1. The largest absolute Gasteiger partial charge is 0.435 e. The van der Waals surface area contributed by atoms with Crippen molar-refractivity contribution in [2.75, 3.05) is 13.1 Å². The Morgan fingerprint density at radius 1 is 1.39 bits per heavy atom. The highest BCUT2D eigenvalue weighted by atomic mass is 35.5. The van der Waals surface area contributed by atoms with E-state index in [2.05, 4.69) is 17.1 Å². The number of aromatic nitrogens is 1. The van der Waals surface area contributed by atoms with E-state index >= 15 is 0 Å².